The molecule has 0 bridgehead atoms. The molecule has 1 fully saturated rings. The Hall–Kier alpha value is -1.03. The molecule has 1 aliphatic rings. The lowest BCUT2D eigenvalue weighted by Crippen LogP contribution is -2.41. The summed E-state index contributed by atoms with van der Waals surface area (Å²) in [5.41, 5.74) is 1.53. The van der Waals surface area contributed by atoms with Crippen LogP contribution in [0.15, 0.2) is 22.7 Å². The summed E-state index contributed by atoms with van der Waals surface area (Å²) in [5.74, 6) is 1.44. The normalized spacial score (nSPS) is 21.8. The zero-order valence-electron chi connectivity index (χ0n) is 14.6. The first-order chi connectivity index (χ1) is 10.8. The van der Waals surface area contributed by atoms with Gasteiger partial charge in [-0.2, -0.15) is 0 Å². The van der Waals surface area contributed by atoms with Crippen LogP contribution in [0.2, 0.25) is 0 Å². The van der Waals surface area contributed by atoms with Gasteiger partial charge in [0, 0.05) is 6.04 Å². The Morgan fingerprint density at radius 2 is 1.91 bits per heavy atom. The average Bonchev–Trinajstić information content (AvgIpc) is 2.46. The Labute approximate surface area is 148 Å². The van der Waals surface area contributed by atoms with E-state index in [1.54, 1.807) is 0 Å². The van der Waals surface area contributed by atoms with Crippen LogP contribution in [0.4, 0.5) is 0 Å². The number of aryl methyl sites for hydroxylation is 1. The molecule has 1 aliphatic carbocycles. The van der Waals surface area contributed by atoms with Crippen LogP contribution in [0, 0.1) is 18.3 Å². The van der Waals surface area contributed by atoms with Crippen LogP contribution in [-0.4, -0.2) is 18.6 Å². The largest absolute Gasteiger partial charge is 0.483 e. The van der Waals surface area contributed by atoms with Crippen LogP contribution in [0.25, 0.3) is 0 Å². The minimum Gasteiger partial charge on any atom is -0.483 e. The average molecular weight is 382 g/mol. The number of amides is 1. The lowest BCUT2D eigenvalue weighted by atomic mass is 9.71. The lowest BCUT2D eigenvalue weighted by Gasteiger charge is -2.37. The molecule has 0 aromatic heterocycles. The number of hydrogen-bond donors (Lipinski definition) is 1. The maximum absolute atomic E-state index is 12.1. The van der Waals surface area contributed by atoms with Crippen LogP contribution in [-0.2, 0) is 4.79 Å². The van der Waals surface area contributed by atoms with Gasteiger partial charge < -0.3 is 10.1 Å². The summed E-state index contributed by atoms with van der Waals surface area (Å²) in [7, 11) is 0. The van der Waals surface area contributed by atoms with E-state index >= 15 is 0 Å². The fraction of sp³-hybridized carbons (Fsp3) is 0.632. The molecule has 1 aromatic carbocycles. The van der Waals surface area contributed by atoms with Gasteiger partial charge in [-0.15, -0.1) is 0 Å². The number of carbonyl (C=O) groups excluding carboxylic acids is 1. The molecule has 23 heavy (non-hydrogen) atoms. The molecule has 1 N–H and O–H groups in total. The van der Waals surface area contributed by atoms with Crippen molar-refractivity contribution in [3.05, 3.63) is 28.2 Å². The third-order valence-corrected chi connectivity index (χ3v) is 5.38. The summed E-state index contributed by atoms with van der Waals surface area (Å²) in [6.07, 6.45) is 4.53. The van der Waals surface area contributed by atoms with Crippen molar-refractivity contribution in [3.63, 3.8) is 0 Å². The minimum atomic E-state index is -0.0308. The van der Waals surface area contributed by atoms with E-state index in [1.807, 2.05) is 25.1 Å². The Balaban J connectivity index is 1.75. The van der Waals surface area contributed by atoms with Gasteiger partial charge in [0.15, 0.2) is 6.61 Å². The summed E-state index contributed by atoms with van der Waals surface area (Å²) < 4.78 is 6.50. The Morgan fingerprint density at radius 3 is 2.48 bits per heavy atom. The van der Waals surface area contributed by atoms with Gasteiger partial charge in [-0.25, -0.2) is 0 Å². The SMILES string of the molecule is Cc1ccc(OCC(=O)NC2CCC(C(C)(C)C)CC2)c(Br)c1. The number of ether oxygens (including phenoxy) is 1. The van der Waals surface area contributed by atoms with E-state index in [2.05, 4.69) is 42.0 Å². The number of nitrogens with one attached hydrogen (secondary N) is 1. The standard InChI is InChI=1S/C19H28BrNO2/c1-13-5-10-17(16(20)11-13)23-12-18(22)21-15-8-6-14(7-9-15)19(2,3)4/h5,10-11,14-15H,6-9,12H2,1-4H3,(H,21,22). The Kier molecular flexibility index (Phi) is 6.12. The van der Waals surface area contributed by atoms with Gasteiger partial charge in [-0.3, -0.25) is 4.79 Å². The Morgan fingerprint density at radius 1 is 1.26 bits per heavy atom. The monoisotopic (exact) mass is 381 g/mol. The van der Waals surface area contributed by atoms with Crippen LogP contribution in [0.5, 0.6) is 5.75 Å². The first-order valence-electron chi connectivity index (χ1n) is 8.44. The van der Waals surface area contributed by atoms with Gasteiger partial charge in [0.05, 0.1) is 4.47 Å². The van der Waals surface area contributed by atoms with E-state index in [0.717, 1.165) is 28.8 Å². The topological polar surface area (TPSA) is 38.3 Å². The van der Waals surface area contributed by atoms with Crippen LogP contribution in [0.3, 0.4) is 0 Å². The number of carbonyl (C=O) groups is 1. The summed E-state index contributed by atoms with van der Waals surface area (Å²) in [4.78, 5) is 12.1. The predicted molar refractivity (Wildman–Crippen MR) is 97.7 cm³/mol. The second-order valence-corrected chi connectivity index (χ2v) is 8.56. The molecule has 1 amide bonds. The molecule has 0 unspecified atom stereocenters. The summed E-state index contributed by atoms with van der Waals surface area (Å²) in [6, 6.07) is 6.15. The highest BCUT2D eigenvalue weighted by Gasteiger charge is 2.30. The molecule has 0 atom stereocenters. The summed E-state index contributed by atoms with van der Waals surface area (Å²) in [5, 5.41) is 3.11. The van der Waals surface area contributed by atoms with E-state index in [1.165, 1.54) is 12.8 Å². The number of rotatable bonds is 4. The van der Waals surface area contributed by atoms with Crippen molar-refractivity contribution in [2.45, 2.75) is 59.4 Å². The second-order valence-electron chi connectivity index (χ2n) is 7.70. The molecule has 4 heteroatoms. The molecule has 0 saturated heterocycles. The number of benzene rings is 1. The second kappa shape index (κ2) is 7.69. The molecule has 0 spiro atoms. The van der Waals surface area contributed by atoms with Crippen molar-refractivity contribution in [1.29, 1.82) is 0 Å². The van der Waals surface area contributed by atoms with Crippen molar-refractivity contribution in [2.75, 3.05) is 6.61 Å². The maximum atomic E-state index is 12.1. The highest BCUT2D eigenvalue weighted by Crippen LogP contribution is 2.37. The fourth-order valence-corrected chi connectivity index (χ4v) is 3.85. The van der Waals surface area contributed by atoms with Gasteiger partial charge in [0.25, 0.3) is 5.91 Å². The first-order valence-corrected chi connectivity index (χ1v) is 9.23. The molecule has 0 radical (unpaired) electrons. The zero-order valence-corrected chi connectivity index (χ0v) is 16.2. The third kappa shape index (κ3) is 5.52. The van der Waals surface area contributed by atoms with Crippen LogP contribution in [0.1, 0.15) is 52.0 Å². The van der Waals surface area contributed by atoms with E-state index in [4.69, 9.17) is 4.74 Å². The number of halogens is 1. The summed E-state index contributed by atoms with van der Waals surface area (Å²) in [6.45, 7) is 9.02. The predicted octanol–water partition coefficient (Wildman–Crippen LogP) is 4.86. The van der Waals surface area contributed by atoms with Gasteiger partial charge in [-0.1, -0.05) is 26.8 Å². The molecule has 2 rings (SSSR count). The van der Waals surface area contributed by atoms with Gasteiger partial charge in [-0.05, 0) is 77.6 Å². The number of hydrogen-bond acceptors (Lipinski definition) is 2. The van der Waals surface area contributed by atoms with Gasteiger partial charge in [0.1, 0.15) is 5.75 Å². The fourth-order valence-electron chi connectivity index (χ4n) is 3.24. The highest BCUT2D eigenvalue weighted by atomic mass is 79.9. The molecule has 128 valence electrons. The Bertz CT molecular complexity index is 543. The third-order valence-electron chi connectivity index (χ3n) is 4.76. The van der Waals surface area contributed by atoms with E-state index in [9.17, 15) is 4.79 Å². The molecular weight excluding hydrogens is 354 g/mol. The van der Waals surface area contributed by atoms with Crippen molar-refractivity contribution in [3.8, 4) is 5.75 Å². The maximum Gasteiger partial charge on any atom is 0.258 e. The molecule has 1 aromatic rings. The summed E-state index contributed by atoms with van der Waals surface area (Å²) >= 11 is 3.46. The minimum absolute atomic E-state index is 0.0308. The van der Waals surface area contributed by atoms with Gasteiger partial charge >= 0.3 is 0 Å². The van der Waals surface area contributed by atoms with Crippen LogP contribution < -0.4 is 10.1 Å². The molecule has 3 nitrogen and oxygen atoms in total. The van der Waals surface area contributed by atoms with Crippen molar-refractivity contribution in [1.82, 2.24) is 5.32 Å². The smallest absolute Gasteiger partial charge is 0.258 e. The molecule has 0 aliphatic heterocycles. The molecule has 0 heterocycles. The van der Waals surface area contributed by atoms with E-state index in [-0.39, 0.29) is 12.5 Å². The van der Waals surface area contributed by atoms with Crippen LogP contribution >= 0.6 is 15.9 Å². The first kappa shape index (κ1) is 18.3. The highest BCUT2D eigenvalue weighted by molar-refractivity contribution is 9.10. The van der Waals surface area contributed by atoms with Crippen molar-refractivity contribution in [2.24, 2.45) is 11.3 Å². The van der Waals surface area contributed by atoms with Gasteiger partial charge in [0.2, 0.25) is 0 Å². The van der Waals surface area contributed by atoms with Crippen molar-refractivity contribution < 1.29 is 9.53 Å². The van der Waals surface area contributed by atoms with Crippen molar-refractivity contribution >= 4 is 21.8 Å². The lowest BCUT2D eigenvalue weighted by molar-refractivity contribution is -0.124. The molecule has 1 saturated carbocycles. The zero-order chi connectivity index (χ0) is 17.0. The molecular formula is C19H28BrNO2. The quantitative estimate of drug-likeness (QED) is 0.808. The van der Waals surface area contributed by atoms with E-state index < -0.39 is 0 Å². The van der Waals surface area contributed by atoms with E-state index in [0.29, 0.717) is 17.2 Å².